The lowest BCUT2D eigenvalue weighted by molar-refractivity contribution is 0.150. The molecule has 192 valence electrons. The lowest BCUT2D eigenvalue weighted by Crippen LogP contribution is -2.49. The summed E-state index contributed by atoms with van der Waals surface area (Å²) >= 11 is 0. The lowest BCUT2D eigenvalue weighted by Gasteiger charge is -2.47. The Hall–Kier alpha value is -4.22. The van der Waals surface area contributed by atoms with Gasteiger partial charge in [-0.1, -0.05) is 48.5 Å². The largest absolute Gasteiger partial charge is 0.361 e. The van der Waals surface area contributed by atoms with Gasteiger partial charge in [0, 0.05) is 59.1 Å². The van der Waals surface area contributed by atoms with Crippen LogP contribution >= 0.6 is 0 Å². The second-order valence-corrected chi connectivity index (χ2v) is 10.7. The number of hydrogen-bond donors (Lipinski definition) is 0. The van der Waals surface area contributed by atoms with Gasteiger partial charge >= 0.3 is 0 Å². The number of para-hydroxylation sites is 2. The fraction of sp³-hybridized carbons (Fsp3) is 0.212. The third-order valence-electron chi connectivity index (χ3n) is 7.87. The number of anilines is 6. The quantitative estimate of drug-likeness (QED) is 0.279. The fourth-order valence-electron chi connectivity index (χ4n) is 5.45. The molecule has 0 amide bonds. The van der Waals surface area contributed by atoms with Crippen molar-refractivity contribution in [1.29, 1.82) is 0 Å². The number of rotatable bonds is 5. The van der Waals surface area contributed by atoms with Crippen molar-refractivity contribution in [2.24, 2.45) is 0 Å². The van der Waals surface area contributed by atoms with E-state index in [1.54, 1.807) is 0 Å². The Morgan fingerprint density at radius 3 is 1.97 bits per heavy atom. The van der Waals surface area contributed by atoms with Crippen LogP contribution in [0.1, 0.15) is 19.4 Å². The molecule has 0 spiro atoms. The predicted molar refractivity (Wildman–Crippen MR) is 160 cm³/mol. The van der Waals surface area contributed by atoms with Crippen molar-refractivity contribution in [3.63, 3.8) is 0 Å². The summed E-state index contributed by atoms with van der Waals surface area (Å²) in [6.07, 6.45) is 4.25. The minimum Gasteiger partial charge on any atom is -0.361 e. The van der Waals surface area contributed by atoms with E-state index in [2.05, 4.69) is 168 Å². The number of hydrogen-bond acceptors (Lipinski definition) is 5. The molecule has 2 heterocycles. The van der Waals surface area contributed by atoms with Gasteiger partial charge in [0.1, 0.15) is 0 Å². The normalized spacial score (nSPS) is 16.6. The van der Waals surface area contributed by atoms with Gasteiger partial charge in [-0.25, -0.2) is 0 Å². The standard InChI is InChI=1S/C33H35N5/c1-33(2)31-18-8-9-19-32(31)37(25-35(33)4)28-15-11-17-30(23-28)38(26-12-6-5-7-13-26)29-16-10-14-27(22-29)36-21-20-34(3)24-36/h5-23H,24-25H2,1-4H3. The maximum Gasteiger partial charge on any atom is 0.0938 e. The third-order valence-corrected chi connectivity index (χ3v) is 7.87. The number of fused-ring (bicyclic) bond motifs is 1. The van der Waals surface area contributed by atoms with Crippen LogP contribution in [-0.4, -0.2) is 37.2 Å². The zero-order chi connectivity index (χ0) is 26.3. The molecule has 0 atom stereocenters. The summed E-state index contributed by atoms with van der Waals surface area (Å²) in [6, 6.07) is 37.1. The molecule has 0 N–H and O–H groups in total. The Labute approximate surface area is 226 Å². The second-order valence-electron chi connectivity index (χ2n) is 10.7. The molecule has 5 nitrogen and oxygen atoms in total. The molecule has 0 aromatic heterocycles. The van der Waals surface area contributed by atoms with Crippen LogP contribution in [0.5, 0.6) is 0 Å². The minimum absolute atomic E-state index is 0.0285. The van der Waals surface area contributed by atoms with E-state index < -0.39 is 0 Å². The van der Waals surface area contributed by atoms with E-state index in [4.69, 9.17) is 0 Å². The van der Waals surface area contributed by atoms with Gasteiger partial charge in [-0.3, -0.25) is 4.90 Å². The summed E-state index contributed by atoms with van der Waals surface area (Å²) in [6.45, 7) is 6.28. The first-order valence-electron chi connectivity index (χ1n) is 13.2. The van der Waals surface area contributed by atoms with Gasteiger partial charge in [0.25, 0.3) is 0 Å². The number of benzene rings is 4. The summed E-state index contributed by atoms with van der Waals surface area (Å²) in [5.41, 5.74) is 8.33. The smallest absolute Gasteiger partial charge is 0.0938 e. The topological polar surface area (TPSA) is 16.2 Å². The molecular weight excluding hydrogens is 466 g/mol. The Kier molecular flexibility index (Phi) is 6.09. The molecule has 2 aliphatic rings. The maximum absolute atomic E-state index is 2.43. The van der Waals surface area contributed by atoms with Crippen LogP contribution in [0.15, 0.2) is 116 Å². The molecule has 5 heteroatoms. The third kappa shape index (κ3) is 4.29. The van der Waals surface area contributed by atoms with E-state index in [1.165, 1.54) is 22.6 Å². The summed E-state index contributed by atoms with van der Waals surface area (Å²) < 4.78 is 0. The first-order valence-corrected chi connectivity index (χ1v) is 13.2. The van der Waals surface area contributed by atoms with Gasteiger partial charge < -0.3 is 19.6 Å². The van der Waals surface area contributed by atoms with E-state index in [0.717, 1.165) is 30.4 Å². The van der Waals surface area contributed by atoms with Gasteiger partial charge in [0.2, 0.25) is 0 Å². The lowest BCUT2D eigenvalue weighted by atomic mass is 9.88. The molecule has 0 radical (unpaired) electrons. The summed E-state index contributed by atoms with van der Waals surface area (Å²) in [4.78, 5) is 11.6. The van der Waals surface area contributed by atoms with Crippen LogP contribution in [0.25, 0.3) is 0 Å². The Balaban J connectivity index is 1.43. The highest BCUT2D eigenvalue weighted by Crippen LogP contribution is 2.44. The van der Waals surface area contributed by atoms with Crippen LogP contribution in [-0.2, 0) is 5.54 Å². The van der Waals surface area contributed by atoms with Crippen molar-refractivity contribution in [2.75, 3.05) is 42.1 Å². The van der Waals surface area contributed by atoms with Crippen molar-refractivity contribution >= 4 is 34.1 Å². The zero-order valence-electron chi connectivity index (χ0n) is 22.6. The van der Waals surface area contributed by atoms with Crippen molar-refractivity contribution < 1.29 is 0 Å². The van der Waals surface area contributed by atoms with Gasteiger partial charge in [-0.15, -0.1) is 0 Å². The molecule has 0 saturated heterocycles. The SMILES string of the molecule is CN1C=CN(c2cccc(N(c3ccccc3)c3cccc(N4CN(C)C(C)(C)c5ccccc54)c3)c2)C1. The predicted octanol–water partition coefficient (Wildman–Crippen LogP) is 7.61. The molecule has 2 aliphatic heterocycles. The maximum atomic E-state index is 2.43. The highest BCUT2D eigenvalue weighted by atomic mass is 15.4. The monoisotopic (exact) mass is 501 g/mol. The first kappa shape index (κ1) is 24.1. The van der Waals surface area contributed by atoms with Crippen LogP contribution in [0.3, 0.4) is 0 Å². The molecule has 6 rings (SSSR count). The van der Waals surface area contributed by atoms with Crippen LogP contribution in [0.2, 0.25) is 0 Å². The highest BCUT2D eigenvalue weighted by molar-refractivity contribution is 5.81. The molecule has 4 aromatic carbocycles. The molecule has 0 bridgehead atoms. The second kappa shape index (κ2) is 9.58. The Bertz CT molecular complexity index is 1460. The molecule has 38 heavy (non-hydrogen) atoms. The van der Waals surface area contributed by atoms with Crippen molar-refractivity contribution in [3.8, 4) is 0 Å². The van der Waals surface area contributed by atoms with Crippen LogP contribution in [0, 0.1) is 0 Å². The Morgan fingerprint density at radius 2 is 1.26 bits per heavy atom. The van der Waals surface area contributed by atoms with E-state index in [-0.39, 0.29) is 5.54 Å². The Morgan fingerprint density at radius 1 is 0.632 bits per heavy atom. The summed E-state index contributed by atoms with van der Waals surface area (Å²) in [5, 5.41) is 0. The molecule has 0 fully saturated rings. The average Bonchev–Trinajstić information content (AvgIpc) is 3.38. The van der Waals surface area contributed by atoms with Gasteiger partial charge in [-0.2, -0.15) is 0 Å². The minimum atomic E-state index is -0.0285. The molecular formula is C33H35N5. The molecule has 0 unspecified atom stereocenters. The van der Waals surface area contributed by atoms with E-state index in [0.29, 0.717) is 0 Å². The van der Waals surface area contributed by atoms with Gasteiger partial charge in [0.05, 0.1) is 13.3 Å². The van der Waals surface area contributed by atoms with Crippen LogP contribution < -0.4 is 14.7 Å². The van der Waals surface area contributed by atoms with E-state index in [9.17, 15) is 0 Å². The zero-order valence-corrected chi connectivity index (χ0v) is 22.6. The van der Waals surface area contributed by atoms with Gasteiger partial charge in [0.15, 0.2) is 0 Å². The number of nitrogens with zero attached hydrogens (tertiary/aromatic N) is 5. The fourth-order valence-corrected chi connectivity index (χ4v) is 5.45. The molecule has 4 aromatic rings. The van der Waals surface area contributed by atoms with Crippen molar-refractivity contribution in [1.82, 2.24) is 9.80 Å². The summed E-state index contributed by atoms with van der Waals surface area (Å²) in [5.74, 6) is 0. The van der Waals surface area contributed by atoms with Gasteiger partial charge in [-0.05, 0) is 81.1 Å². The molecule has 0 aliphatic carbocycles. The van der Waals surface area contributed by atoms with Crippen molar-refractivity contribution in [2.45, 2.75) is 19.4 Å². The van der Waals surface area contributed by atoms with Crippen LogP contribution in [0.4, 0.5) is 34.1 Å². The molecule has 0 saturated carbocycles. The summed E-state index contributed by atoms with van der Waals surface area (Å²) in [7, 11) is 4.30. The van der Waals surface area contributed by atoms with Crippen molar-refractivity contribution in [3.05, 3.63) is 121 Å². The average molecular weight is 502 g/mol. The highest BCUT2D eigenvalue weighted by Gasteiger charge is 2.35. The van der Waals surface area contributed by atoms with E-state index >= 15 is 0 Å². The first-order chi connectivity index (χ1) is 18.4. The van der Waals surface area contributed by atoms with E-state index in [1.807, 2.05) is 0 Å².